The quantitative estimate of drug-likeness (QED) is 0.666. The fraction of sp³-hybridized carbons (Fsp3) is 0.217. The van der Waals surface area contributed by atoms with E-state index in [-0.39, 0.29) is 11.5 Å². The van der Waals surface area contributed by atoms with Gasteiger partial charge in [-0.05, 0) is 54.7 Å². The summed E-state index contributed by atoms with van der Waals surface area (Å²) in [7, 11) is 0. The fourth-order valence-corrected chi connectivity index (χ4v) is 4.22. The molecular weight excluding hydrogens is 369 g/mol. The molecule has 0 unspecified atom stereocenters. The molecule has 148 valence electrons. The van der Waals surface area contributed by atoms with Gasteiger partial charge in [0.2, 0.25) is 5.91 Å². The van der Waals surface area contributed by atoms with Crippen LogP contribution in [0.2, 0.25) is 0 Å². The maximum Gasteiger partial charge on any atom is 0.250 e. The summed E-state index contributed by atoms with van der Waals surface area (Å²) in [4.78, 5) is 28.9. The molecule has 4 rings (SSSR count). The molecule has 5 nitrogen and oxygen atoms in total. The van der Waals surface area contributed by atoms with E-state index < -0.39 is 11.7 Å². The number of nitrogens with zero attached hydrogens (tertiary/aromatic N) is 1. The van der Waals surface area contributed by atoms with Crippen molar-refractivity contribution in [3.63, 3.8) is 0 Å². The van der Waals surface area contributed by atoms with Crippen molar-refractivity contribution < 1.29 is 15.4 Å². The smallest absolute Gasteiger partial charge is 0.250 e. The van der Waals surface area contributed by atoms with Crippen LogP contribution in [0.5, 0.6) is 0 Å². The van der Waals surface area contributed by atoms with Gasteiger partial charge in [0.05, 0.1) is 12.5 Å². The zero-order valence-corrected chi connectivity index (χ0v) is 16.3. The minimum Gasteiger partial charge on any atom is -0.366 e. The Bertz CT molecular complexity index is 1230. The number of halogens is 1. The van der Waals surface area contributed by atoms with E-state index in [0.29, 0.717) is 36.0 Å². The molecule has 1 aromatic heterocycles. The highest BCUT2D eigenvalue weighted by molar-refractivity contribution is 6.11. The van der Waals surface area contributed by atoms with Crippen molar-refractivity contribution in [2.75, 3.05) is 6.54 Å². The highest BCUT2D eigenvalue weighted by Gasteiger charge is 2.26. The number of aryl methyl sites for hydroxylation is 2. The van der Waals surface area contributed by atoms with Crippen LogP contribution in [0.4, 0.5) is 4.39 Å². The van der Waals surface area contributed by atoms with Gasteiger partial charge in [-0.25, -0.2) is 4.39 Å². The normalized spacial score (nSPS) is 14.3. The van der Waals surface area contributed by atoms with Gasteiger partial charge in [0.1, 0.15) is 5.82 Å². The number of carbonyl (C=O) groups excluding carboxylic acids is 2. The van der Waals surface area contributed by atoms with E-state index in [0.717, 1.165) is 34.5 Å². The van der Waals surface area contributed by atoms with Gasteiger partial charge in [-0.2, -0.15) is 0 Å². The second kappa shape index (κ2) is 6.88. The van der Waals surface area contributed by atoms with Crippen LogP contribution < -0.4 is 5.73 Å². The third kappa shape index (κ3) is 2.92. The van der Waals surface area contributed by atoms with Gasteiger partial charge in [-0.3, -0.25) is 9.59 Å². The molecule has 2 heterocycles. The van der Waals surface area contributed by atoms with Crippen molar-refractivity contribution in [1.82, 2.24) is 9.88 Å². The number of nitrogens with two attached hydrogens (primary N) is 1. The Morgan fingerprint density at radius 1 is 1.38 bits per heavy atom. The second-order valence-electron chi connectivity index (χ2n) is 7.39. The van der Waals surface area contributed by atoms with E-state index in [1.165, 1.54) is 12.1 Å². The molecule has 0 saturated heterocycles. The molecule has 0 aliphatic carbocycles. The van der Waals surface area contributed by atoms with Crippen molar-refractivity contribution in [2.24, 2.45) is 5.73 Å². The van der Waals surface area contributed by atoms with E-state index in [1.807, 2.05) is 32.0 Å². The van der Waals surface area contributed by atoms with E-state index in [1.54, 1.807) is 4.90 Å². The second-order valence-corrected chi connectivity index (χ2v) is 7.39. The van der Waals surface area contributed by atoms with E-state index in [4.69, 9.17) is 7.10 Å². The number of carbonyl (C=O) groups is 2. The van der Waals surface area contributed by atoms with Gasteiger partial charge in [-0.1, -0.05) is 24.8 Å². The lowest BCUT2D eigenvalue weighted by Gasteiger charge is -2.29. The summed E-state index contributed by atoms with van der Waals surface area (Å²) in [5.74, 6) is -1.39. The van der Waals surface area contributed by atoms with Crippen molar-refractivity contribution >= 4 is 22.7 Å². The number of primary amides is 1. The molecule has 0 bridgehead atoms. The molecule has 29 heavy (non-hydrogen) atoms. The summed E-state index contributed by atoms with van der Waals surface area (Å²) in [6, 6.07) is 6.87. The standard InChI is InChI=1S/C23H22FN3O2/c1-4-19(28)27-9-8-15-14(11-27)6-5-7-16(15)21-18(24)10-17(23(25)29)22-20(21)12(2)13(3)26-22/h4-7,10,26H,1,8-9,11H2,2-3H3,(H2,25,29)/i1D. The lowest BCUT2D eigenvalue weighted by atomic mass is 9.87. The third-order valence-corrected chi connectivity index (χ3v) is 5.78. The van der Waals surface area contributed by atoms with E-state index >= 15 is 4.39 Å². The minimum absolute atomic E-state index is 0.131. The first-order valence-corrected chi connectivity index (χ1v) is 9.39. The minimum atomic E-state index is -0.682. The highest BCUT2D eigenvalue weighted by Crippen LogP contribution is 2.40. The molecule has 1 aliphatic rings. The summed E-state index contributed by atoms with van der Waals surface area (Å²) < 4.78 is 22.5. The molecule has 0 saturated carbocycles. The van der Waals surface area contributed by atoms with Gasteiger partial charge in [0.15, 0.2) is 0 Å². The molecular formula is C23H22FN3O2. The predicted octanol–water partition coefficient (Wildman–Crippen LogP) is 3.76. The van der Waals surface area contributed by atoms with Gasteiger partial charge in [0, 0.05) is 29.7 Å². The Morgan fingerprint density at radius 2 is 2.17 bits per heavy atom. The Morgan fingerprint density at radius 3 is 2.90 bits per heavy atom. The number of aromatic amines is 1. The first kappa shape index (κ1) is 17.7. The number of H-pyrrole nitrogens is 1. The summed E-state index contributed by atoms with van der Waals surface area (Å²) in [6.07, 6.45) is 1.80. The lowest BCUT2D eigenvalue weighted by Crippen LogP contribution is -2.34. The number of nitrogens with one attached hydrogen (secondary N) is 1. The summed E-state index contributed by atoms with van der Waals surface area (Å²) >= 11 is 0. The van der Waals surface area contributed by atoms with Crippen LogP contribution in [0, 0.1) is 19.7 Å². The average molecular weight is 392 g/mol. The topological polar surface area (TPSA) is 79.2 Å². The fourth-order valence-electron chi connectivity index (χ4n) is 4.22. The number of hydrogen-bond donors (Lipinski definition) is 2. The Balaban J connectivity index is 1.93. The zero-order valence-electron chi connectivity index (χ0n) is 17.3. The molecule has 1 aliphatic heterocycles. The van der Waals surface area contributed by atoms with Crippen LogP contribution in [0.1, 0.15) is 34.1 Å². The van der Waals surface area contributed by atoms with Crippen molar-refractivity contribution in [1.29, 1.82) is 0 Å². The maximum absolute atomic E-state index is 15.4. The lowest BCUT2D eigenvalue weighted by molar-refractivity contribution is -0.126. The molecule has 3 N–H and O–H groups in total. The molecule has 2 aromatic carbocycles. The highest BCUT2D eigenvalue weighted by atomic mass is 19.1. The number of hydrogen-bond acceptors (Lipinski definition) is 2. The largest absolute Gasteiger partial charge is 0.366 e. The van der Waals surface area contributed by atoms with Gasteiger partial charge in [0.25, 0.3) is 5.91 Å². The number of amides is 2. The summed E-state index contributed by atoms with van der Waals surface area (Å²) in [6.45, 7) is 5.65. The Hall–Kier alpha value is -3.41. The number of aromatic nitrogens is 1. The molecule has 3 aromatic rings. The molecule has 2 amide bonds. The van der Waals surface area contributed by atoms with Gasteiger partial charge >= 0.3 is 0 Å². The van der Waals surface area contributed by atoms with Gasteiger partial charge < -0.3 is 15.6 Å². The molecule has 6 heteroatoms. The first-order valence-electron chi connectivity index (χ1n) is 9.97. The zero-order chi connectivity index (χ0) is 21.6. The molecule has 0 atom stereocenters. The molecule has 0 radical (unpaired) electrons. The predicted molar refractivity (Wildman–Crippen MR) is 111 cm³/mol. The van der Waals surface area contributed by atoms with Crippen molar-refractivity contribution in [3.05, 3.63) is 70.7 Å². The number of rotatable bonds is 3. The van der Waals surface area contributed by atoms with Crippen molar-refractivity contribution in [3.8, 4) is 11.1 Å². The molecule has 0 fully saturated rings. The van der Waals surface area contributed by atoms with E-state index in [2.05, 4.69) is 4.98 Å². The first-order chi connectivity index (χ1) is 14.3. The summed E-state index contributed by atoms with van der Waals surface area (Å²) in [5.41, 5.74) is 11.0. The van der Waals surface area contributed by atoms with Crippen LogP contribution in [0.15, 0.2) is 36.9 Å². The van der Waals surface area contributed by atoms with Crippen LogP contribution in [-0.2, 0) is 17.8 Å². The monoisotopic (exact) mass is 392 g/mol. The average Bonchev–Trinajstić information content (AvgIpc) is 3.01. The van der Waals surface area contributed by atoms with Crippen LogP contribution in [0.3, 0.4) is 0 Å². The van der Waals surface area contributed by atoms with Crippen LogP contribution >= 0.6 is 0 Å². The number of fused-ring (bicyclic) bond motifs is 2. The van der Waals surface area contributed by atoms with Gasteiger partial charge in [-0.15, -0.1) is 0 Å². The Labute approximate surface area is 169 Å². The van der Waals surface area contributed by atoms with E-state index in [9.17, 15) is 9.59 Å². The van der Waals surface area contributed by atoms with Crippen LogP contribution in [0.25, 0.3) is 22.0 Å². The molecule has 0 spiro atoms. The van der Waals surface area contributed by atoms with Crippen LogP contribution in [-0.4, -0.2) is 28.2 Å². The SMILES string of the molecule is [2H]C=CC(=O)N1CCc2c(cccc2-c2c(F)cc(C(N)=O)c3[nH]c(C)c(C)c23)C1. The van der Waals surface area contributed by atoms with Crippen molar-refractivity contribution in [2.45, 2.75) is 26.8 Å². The number of benzene rings is 2. The Kier molecular flexibility index (Phi) is 4.19. The third-order valence-electron chi connectivity index (χ3n) is 5.78. The maximum atomic E-state index is 15.4. The summed E-state index contributed by atoms with van der Waals surface area (Å²) in [5, 5.41) is 0.658.